The van der Waals surface area contributed by atoms with Crippen molar-refractivity contribution in [2.45, 2.75) is 33.7 Å². The number of hydrogen-bond acceptors (Lipinski definition) is 5. The Morgan fingerprint density at radius 3 is 2.59 bits per heavy atom. The number of aryl methyl sites for hydroxylation is 2. The van der Waals surface area contributed by atoms with Gasteiger partial charge in [0.2, 0.25) is 0 Å². The summed E-state index contributed by atoms with van der Waals surface area (Å²) in [6, 6.07) is 4.29. The Morgan fingerprint density at radius 1 is 1.22 bits per heavy atom. The lowest BCUT2D eigenvalue weighted by Crippen LogP contribution is -2.46. The van der Waals surface area contributed by atoms with Crippen molar-refractivity contribution in [3.8, 4) is 11.3 Å². The molecular formula is C20H25N5OS. The Balaban J connectivity index is 1.90. The number of nitrogens with one attached hydrogen (secondary N) is 1. The van der Waals surface area contributed by atoms with Gasteiger partial charge in [-0.2, -0.15) is 5.10 Å². The van der Waals surface area contributed by atoms with Crippen LogP contribution in [-0.4, -0.2) is 51.8 Å². The van der Waals surface area contributed by atoms with Crippen LogP contribution in [0.5, 0.6) is 0 Å². The van der Waals surface area contributed by atoms with E-state index in [-0.39, 0.29) is 11.9 Å². The van der Waals surface area contributed by atoms with Gasteiger partial charge in [-0.05, 0) is 39.8 Å². The van der Waals surface area contributed by atoms with Crippen molar-refractivity contribution < 1.29 is 4.79 Å². The highest BCUT2D eigenvalue weighted by molar-refractivity contribution is 7.12. The minimum Gasteiger partial charge on any atom is -0.336 e. The number of carbonyl (C=O) groups excluding carboxylic acids is 1. The minimum atomic E-state index is 0.0676. The van der Waals surface area contributed by atoms with E-state index in [0.717, 1.165) is 48.5 Å². The second-order valence-electron chi connectivity index (χ2n) is 7.34. The number of pyridine rings is 1. The van der Waals surface area contributed by atoms with Gasteiger partial charge in [0.05, 0.1) is 22.8 Å². The van der Waals surface area contributed by atoms with Crippen molar-refractivity contribution in [3.63, 3.8) is 0 Å². The number of thiophene rings is 1. The second kappa shape index (κ2) is 7.05. The van der Waals surface area contributed by atoms with Gasteiger partial charge >= 0.3 is 0 Å². The van der Waals surface area contributed by atoms with Crippen molar-refractivity contribution in [3.05, 3.63) is 33.6 Å². The third-order valence-corrected chi connectivity index (χ3v) is 5.97. The molecule has 1 fully saturated rings. The van der Waals surface area contributed by atoms with Crippen LogP contribution in [0.15, 0.2) is 18.3 Å². The molecule has 0 bridgehead atoms. The average Bonchev–Trinajstić information content (AvgIpc) is 3.23. The molecule has 27 heavy (non-hydrogen) atoms. The van der Waals surface area contributed by atoms with Crippen LogP contribution in [0.1, 0.15) is 40.0 Å². The lowest BCUT2D eigenvalue weighted by molar-refractivity contribution is 0.0738. The summed E-state index contributed by atoms with van der Waals surface area (Å²) in [5.74, 6) is 0.0676. The summed E-state index contributed by atoms with van der Waals surface area (Å²) in [5, 5.41) is 8.66. The van der Waals surface area contributed by atoms with Crippen molar-refractivity contribution in [2.24, 2.45) is 0 Å². The van der Waals surface area contributed by atoms with Crippen molar-refractivity contribution in [1.29, 1.82) is 0 Å². The van der Waals surface area contributed by atoms with Crippen molar-refractivity contribution in [1.82, 2.24) is 25.0 Å². The second-order valence-corrected chi connectivity index (χ2v) is 8.80. The summed E-state index contributed by atoms with van der Waals surface area (Å²) < 4.78 is 1.90. The van der Waals surface area contributed by atoms with Gasteiger partial charge in [-0.1, -0.05) is 0 Å². The molecule has 1 saturated heterocycles. The molecule has 0 radical (unpaired) electrons. The van der Waals surface area contributed by atoms with E-state index in [9.17, 15) is 4.79 Å². The number of hydrogen-bond donors (Lipinski definition) is 1. The fourth-order valence-corrected chi connectivity index (χ4v) is 4.57. The van der Waals surface area contributed by atoms with Crippen LogP contribution in [0.2, 0.25) is 0 Å². The van der Waals surface area contributed by atoms with Gasteiger partial charge in [-0.15, -0.1) is 11.3 Å². The maximum Gasteiger partial charge on any atom is 0.254 e. The lowest BCUT2D eigenvalue weighted by Gasteiger charge is -2.27. The van der Waals surface area contributed by atoms with Gasteiger partial charge in [-0.25, -0.2) is 9.67 Å². The van der Waals surface area contributed by atoms with Gasteiger partial charge in [0, 0.05) is 47.5 Å². The first-order chi connectivity index (χ1) is 13.0. The Bertz CT molecular complexity index is 997. The monoisotopic (exact) mass is 383 g/mol. The van der Waals surface area contributed by atoms with Crippen LogP contribution in [0, 0.1) is 13.8 Å². The molecular weight excluding hydrogens is 358 g/mol. The zero-order valence-electron chi connectivity index (χ0n) is 16.2. The fraction of sp³-hybridized carbons (Fsp3) is 0.450. The Morgan fingerprint density at radius 2 is 1.96 bits per heavy atom. The molecule has 0 unspecified atom stereocenters. The zero-order chi connectivity index (χ0) is 19.1. The standard InChI is InChI=1S/C20H25N5OS/c1-12(2)25-19-17(11-22-25)16(20(26)24-7-5-21-6-8-24)10-18(23-19)15-9-13(3)27-14(15)4/h9-12,21H,5-8H2,1-4H3. The predicted molar refractivity (Wildman–Crippen MR) is 109 cm³/mol. The van der Waals surface area contributed by atoms with Crippen LogP contribution in [0.3, 0.4) is 0 Å². The number of piperazine rings is 1. The first kappa shape index (κ1) is 18.1. The maximum absolute atomic E-state index is 13.3. The SMILES string of the molecule is Cc1cc(-c2cc(C(=O)N3CCNCC3)c3cnn(C(C)C)c3n2)c(C)s1. The molecule has 0 aromatic carbocycles. The molecule has 142 valence electrons. The number of carbonyl (C=O) groups is 1. The maximum atomic E-state index is 13.3. The van der Waals surface area contributed by atoms with E-state index in [2.05, 4.69) is 44.2 Å². The molecule has 0 spiro atoms. The first-order valence-corrected chi connectivity index (χ1v) is 10.2. The summed E-state index contributed by atoms with van der Waals surface area (Å²) in [6.45, 7) is 11.5. The zero-order valence-corrected chi connectivity index (χ0v) is 17.1. The third kappa shape index (κ3) is 3.26. The van der Waals surface area contributed by atoms with Crippen LogP contribution >= 0.6 is 11.3 Å². The van der Waals surface area contributed by atoms with Crippen LogP contribution in [0.4, 0.5) is 0 Å². The van der Waals surface area contributed by atoms with Crippen molar-refractivity contribution >= 4 is 28.3 Å². The molecule has 4 heterocycles. The molecule has 7 heteroatoms. The molecule has 0 aliphatic carbocycles. The largest absolute Gasteiger partial charge is 0.336 e. The molecule has 3 aromatic rings. The first-order valence-electron chi connectivity index (χ1n) is 9.41. The Labute approximate surface area is 163 Å². The summed E-state index contributed by atoms with van der Waals surface area (Å²) in [5.41, 5.74) is 3.44. The van der Waals surface area contributed by atoms with Gasteiger partial charge in [-0.3, -0.25) is 4.79 Å². The summed E-state index contributed by atoms with van der Waals surface area (Å²) in [7, 11) is 0. The van der Waals surface area contributed by atoms with Crippen LogP contribution in [0.25, 0.3) is 22.3 Å². The van der Waals surface area contributed by atoms with E-state index in [1.54, 1.807) is 17.5 Å². The average molecular weight is 384 g/mol. The quantitative estimate of drug-likeness (QED) is 0.753. The van der Waals surface area contributed by atoms with E-state index in [4.69, 9.17) is 4.98 Å². The number of fused-ring (bicyclic) bond motifs is 1. The Kier molecular flexibility index (Phi) is 4.74. The predicted octanol–water partition coefficient (Wildman–Crippen LogP) is 3.40. The minimum absolute atomic E-state index is 0.0676. The van der Waals surface area contributed by atoms with Gasteiger partial charge in [0.1, 0.15) is 0 Å². The molecule has 0 atom stereocenters. The molecule has 1 aliphatic rings. The summed E-state index contributed by atoms with van der Waals surface area (Å²) in [4.78, 5) is 22.6. The molecule has 1 amide bonds. The molecule has 4 rings (SSSR count). The van der Waals surface area contributed by atoms with Gasteiger partial charge < -0.3 is 10.2 Å². The van der Waals surface area contributed by atoms with Crippen LogP contribution < -0.4 is 5.32 Å². The molecule has 1 N–H and O–H groups in total. The van der Waals surface area contributed by atoms with E-state index in [0.29, 0.717) is 5.56 Å². The van der Waals surface area contributed by atoms with Gasteiger partial charge in [0.25, 0.3) is 5.91 Å². The van der Waals surface area contributed by atoms with E-state index >= 15 is 0 Å². The number of aromatic nitrogens is 3. The molecule has 3 aromatic heterocycles. The topological polar surface area (TPSA) is 63.1 Å². The highest BCUT2D eigenvalue weighted by Crippen LogP contribution is 2.33. The molecule has 0 saturated carbocycles. The lowest BCUT2D eigenvalue weighted by atomic mass is 10.1. The van der Waals surface area contributed by atoms with Gasteiger partial charge in [0.15, 0.2) is 5.65 Å². The highest BCUT2D eigenvalue weighted by Gasteiger charge is 2.24. The fourth-order valence-electron chi connectivity index (χ4n) is 3.63. The van der Waals surface area contributed by atoms with E-state index < -0.39 is 0 Å². The summed E-state index contributed by atoms with van der Waals surface area (Å²) >= 11 is 1.76. The Hall–Kier alpha value is -2.25. The normalized spacial score (nSPS) is 15.1. The third-order valence-electron chi connectivity index (χ3n) is 5.01. The van der Waals surface area contributed by atoms with Crippen molar-refractivity contribution in [2.75, 3.05) is 26.2 Å². The van der Waals surface area contributed by atoms with Crippen LogP contribution in [-0.2, 0) is 0 Å². The van der Waals surface area contributed by atoms with E-state index in [1.807, 2.05) is 15.6 Å². The summed E-state index contributed by atoms with van der Waals surface area (Å²) in [6.07, 6.45) is 1.78. The molecule has 1 aliphatic heterocycles. The number of amides is 1. The number of rotatable bonds is 3. The number of nitrogens with zero attached hydrogens (tertiary/aromatic N) is 4. The highest BCUT2D eigenvalue weighted by atomic mass is 32.1. The molecule has 6 nitrogen and oxygen atoms in total. The smallest absolute Gasteiger partial charge is 0.254 e. The van der Waals surface area contributed by atoms with E-state index in [1.165, 1.54) is 9.75 Å².